The van der Waals surface area contributed by atoms with Crippen molar-refractivity contribution in [3.05, 3.63) is 216 Å². The van der Waals surface area contributed by atoms with Crippen LogP contribution < -0.4 is 4.90 Å². The molecule has 0 spiro atoms. The van der Waals surface area contributed by atoms with Crippen LogP contribution in [0.1, 0.15) is 42.5 Å². The Bertz CT molecular complexity index is 2900. The van der Waals surface area contributed by atoms with Crippen LogP contribution in [0, 0.1) is 0 Å². The number of thioether (sulfide) groups is 1. The minimum Gasteiger partial charge on any atom is -0.310 e. The van der Waals surface area contributed by atoms with E-state index in [9.17, 15) is 0 Å². The van der Waals surface area contributed by atoms with E-state index in [1.165, 1.54) is 82.4 Å². The first-order valence-corrected chi connectivity index (χ1v) is 20.9. The summed E-state index contributed by atoms with van der Waals surface area (Å²) in [6.07, 6.45) is 5.93. The van der Waals surface area contributed by atoms with Crippen LogP contribution in [0.15, 0.2) is 199 Å². The highest BCUT2D eigenvalue weighted by atomic mass is 32.2. The molecule has 8 aromatic carbocycles. The van der Waals surface area contributed by atoms with Crippen molar-refractivity contribution in [2.24, 2.45) is 0 Å². The Morgan fingerprint density at radius 3 is 1.82 bits per heavy atom. The van der Waals surface area contributed by atoms with Gasteiger partial charge in [-0.3, -0.25) is 0 Å². The summed E-state index contributed by atoms with van der Waals surface area (Å²) in [5.74, 6) is 0. The maximum absolute atomic E-state index is 2.45. The smallest absolute Gasteiger partial charge is 0.0465 e. The Morgan fingerprint density at radius 1 is 0.509 bits per heavy atom. The minimum atomic E-state index is -0.0818. The van der Waals surface area contributed by atoms with Gasteiger partial charge in [0.2, 0.25) is 0 Å². The van der Waals surface area contributed by atoms with Crippen LogP contribution in [0.3, 0.4) is 0 Å². The van der Waals surface area contributed by atoms with Gasteiger partial charge >= 0.3 is 0 Å². The Morgan fingerprint density at radius 2 is 1.09 bits per heavy atom. The third kappa shape index (κ3) is 5.70. The lowest BCUT2D eigenvalue weighted by Gasteiger charge is -2.28. The van der Waals surface area contributed by atoms with E-state index in [-0.39, 0.29) is 5.41 Å². The second-order valence-corrected chi connectivity index (χ2v) is 17.3. The third-order valence-corrected chi connectivity index (χ3v) is 13.7. The lowest BCUT2D eigenvalue weighted by atomic mass is 9.82. The molecule has 3 aliphatic rings. The van der Waals surface area contributed by atoms with E-state index in [1.807, 2.05) is 11.8 Å². The van der Waals surface area contributed by atoms with Gasteiger partial charge < -0.3 is 4.90 Å². The van der Waals surface area contributed by atoms with E-state index < -0.39 is 0 Å². The predicted molar refractivity (Wildman–Crippen MR) is 244 cm³/mol. The van der Waals surface area contributed by atoms with Crippen molar-refractivity contribution in [2.75, 3.05) is 4.90 Å². The summed E-state index contributed by atoms with van der Waals surface area (Å²) in [6, 6.07) is 67.1. The number of fused-ring (bicyclic) bond motifs is 8. The number of hydrogen-bond donors (Lipinski definition) is 0. The standard InChI is InChI=1S/C55H41NS/c1-55(2)50-15-9-8-14-47(50)48-31-30-45(35-51(48)55)56(43-26-20-38(21-27-43)36-10-4-3-5-11-36)44-28-22-39(23-29-44)37-16-18-40(19-17-37)42-25-32-52-49(34-42)54-46-13-7-6-12-41(46)24-33-53(54)57-52/h3-31,33-35,52H,32H2,1-2H3. The van der Waals surface area contributed by atoms with Gasteiger partial charge in [-0.15, -0.1) is 11.8 Å². The van der Waals surface area contributed by atoms with E-state index in [1.54, 1.807) is 0 Å². The quantitative estimate of drug-likeness (QED) is 0.167. The predicted octanol–water partition coefficient (Wildman–Crippen LogP) is 15.3. The summed E-state index contributed by atoms with van der Waals surface area (Å²) in [7, 11) is 0. The zero-order valence-corrected chi connectivity index (χ0v) is 32.9. The topological polar surface area (TPSA) is 3.24 Å². The van der Waals surface area contributed by atoms with Gasteiger partial charge in [-0.05, 0) is 127 Å². The molecule has 1 unspecified atom stereocenters. The van der Waals surface area contributed by atoms with Crippen LogP contribution in [-0.2, 0) is 5.41 Å². The number of benzene rings is 8. The molecule has 0 radical (unpaired) electrons. The van der Waals surface area contributed by atoms with Crippen LogP contribution in [0.2, 0.25) is 0 Å². The second-order valence-electron chi connectivity index (χ2n) is 16.0. The molecule has 0 saturated carbocycles. The van der Waals surface area contributed by atoms with Crippen molar-refractivity contribution in [2.45, 2.75) is 35.8 Å². The maximum atomic E-state index is 2.45. The molecule has 1 heterocycles. The summed E-state index contributed by atoms with van der Waals surface area (Å²) in [6.45, 7) is 4.71. The summed E-state index contributed by atoms with van der Waals surface area (Å²) in [4.78, 5) is 3.81. The second kappa shape index (κ2) is 13.4. The number of anilines is 3. The van der Waals surface area contributed by atoms with Crippen LogP contribution >= 0.6 is 11.8 Å². The highest BCUT2D eigenvalue weighted by Crippen LogP contribution is 2.53. The van der Waals surface area contributed by atoms with Gasteiger partial charge in [0, 0.05) is 38.2 Å². The first-order valence-electron chi connectivity index (χ1n) is 20.0. The van der Waals surface area contributed by atoms with E-state index >= 15 is 0 Å². The van der Waals surface area contributed by atoms with E-state index in [4.69, 9.17) is 0 Å². The first-order chi connectivity index (χ1) is 28.0. The summed E-state index contributed by atoms with van der Waals surface area (Å²) in [5, 5.41) is 3.18. The van der Waals surface area contributed by atoms with Gasteiger partial charge in [-0.25, -0.2) is 0 Å². The van der Waals surface area contributed by atoms with Crippen LogP contribution in [0.5, 0.6) is 0 Å². The van der Waals surface area contributed by atoms with Crippen LogP contribution in [0.25, 0.3) is 55.3 Å². The largest absolute Gasteiger partial charge is 0.310 e. The van der Waals surface area contributed by atoms with Gasteiger partial charge in [-0.1, -0.05) is 159 Å². The Balaban J connectivity index is 0.916. The van der Waals surface area contributed by atoms with Crippen molar-refractivity contribution in [1.29, 1.82) is 0 Å². The van der Waals surface area contributed by atoms with Gasteiger partial charge in [0.05, 0.1) is 0 Å². The molecule has 0 N–H and O–H groups in total. The average molecular weight is 748 g/mol. The molecule has 1 aliphatic heterocycles. The molecule has 0 amide bonds. The molecule has 0 saturated heterocycles. The Kier molecular flexibility index (Phi) is 7.98. The molecule has 2 heteroatoms. The fraction of sp³-hybridized carbons (Fsp3) is 0.0909. The van der Waals surface area contributed by atoms with E-state index in [2.05, 4.69) is 213 Å². The third-order valence-electron chi connectivity index (χ3n) is 12.4. The zero-order chi connectivity index (χ0) is 38.1. The lowest BCUT2D eigenvalue weighted by molar-refractivity contribution is 0.660. The Hall–Kier alpha value is -6.35. The maximum Gasteiger partial charge on any atom is 0.0465 e. The van der Waals surface area contributed by atoms with Crippen molar-refractivity contribution in [3.63, 3.8) is 0 Å². The lowest BCUT2D eigenvalue weighted by Crippen LogP contribution is -2.16. The van der Waals surface area contributed by atoms with Crippen molar-refractivity contribution in [3.8, 4) is 33.4 Å². The molecule has 1 atom stereocenters. The highest BCUT2D eigenvalue weighted by molar-refractivity contribution is 8.00. The van der Waals surface area contributed by atoms with Crippen molar-refractivity contribution < 1.29 is 0 Å². The molecule has 57 heavy (non-hydrogen) atoms. The molecule has 0 aromatic heterocycles. The van der Waals surface area contributed by atoms with Gasteiger partial charge in [0.25, 0.3) is 0 Å². The first kappa shape index (κ1) is 33.9. The molecule has 0 fully saturated rings. The van der Waals surface area contributed by atoms with Crippen LogP contribution in [0.4, 0.5) is 17.1 Å². The fourth-order valence-electron chi connectivity index (χ4n) is 9.40. The summed E-state index contributed by atoms with van der Waals surface area (Å²) >= 11 is 2.02. The molecular formula is C55H41NS. The average Bonchev–Trinajstić information content (AvgIpc) is 3.76. The molecule has 272 valence electrons. The van der Waals surface area contributed by atoms with Gasteiger partial charge in [0.15, 0.2) is 0 Å². The molecule has 8 aromatic rings. The number of hydrogen-bond acceptors (Lipinski definition) is 2. The molecular weight excluding hydrogens is 707 g/mol. The number of nitrogens with zero attached hydrogens (tertiary/aromatic N) is 1. The normalized spacial score (nSPS) is 15.9. The molecule has 11 rings (SSSR count). The highest BCUT2D eigenvalue weighted by Gasteiger charge is 2.36. The Labute approximate surface area is 339 Å². The van der Waals surface area contributed by atoms with Crippen LogP contribution in [-0.4, -0.2) is 5.25 Å². The molecule has 0 bridgehead atoms. The minimum absolute atomic E-state index is 0.0818. The number of allylic oxidation sites excluding steroid dienone is 3. The van der Waals surface area contributed by atoms with Crippen molar-refractivity contribution >= 4 is 50.7 Å². The summed E-state index contributed by atoms with van der Waals surface area (Å²) < 4.78 is 0. The zero-order valence-electron chi connectivity index (χ0n) is 32.1. The monoisotopic (exact) mass is 747 g/mol. The SMILES string of the molecule is CC1(C)c2ccccc2-c2ccc(N(c3ccc(-c4ccccc4)cc3)c3ccc(-c4ccc(C5=CCC6Sc7ccc8ccccc8c7C6=C5)cc4)cc3)cc21. The number of rotatable bonds is 6. The van der Waals surface area contributed by atoms with Gasteiger partial charge in [0.1, 0.15) is 0 Å². The fourth-order valence-corrected chi connectivity index (χ4v) is 10.7. The molecule has 1 nitrogen and oxygen atoms in total. The summed E-state index contributed by atoms with van der Waals surface area (Å²) in [5.41, 5.74) is 19.1. The molecule has 2 aliphatic carbocycles. The van der Waals surface area contributed by atoms with E-state index in [0.717, 1.165) is 23.5 Å². The van der Waals surface area contributed by atoms with Crippen molar-refractivity contribution in [1.82, 2.24) is 0 Å². The van der Waals surface area contributed by atoms with E-state index in [0.29, 0.717) is 5.25 Å². The van der Waals surface area contributed by atoms with Gasteiger partial charge in [-0.2, -0.15) is 0 Å².